The van der Waals surface area contributed by atoms with Crippen LogP contribution < -0.4 is 11.1 Å². The number of primary amides is 1. The molecule has 0 saturated carbocycles. The van der Waals surface area contributed by atoms with E-state index in [1.54, 1.807) is 36.7 Å². The maximum atomic E-state index is 14.1. The Morgan fingerprint density at radius 1 is 1.29 bits per heavy atom. The number of nitrogens with one attached hydrogen (secondary N) is 1. The smallest absolute Gasteiger partial charge is 0.222 e. The summed E-state index contributed by atoms with van der Waals surface area (Å²) in [6.07, 6.45) is 2.75. The first-order valence-electron chi connectivity index (χ1n) is 8.55. The van der Waals surface area contributed by atoms with Crippen LogP contribution in [0.2, 0.25) is 5.02 Å². The number of hydrogen-bond donors (Lipinski definition) is 2. The second-order valence-corrected chi connectivity index (χ2v) is 7.55. The standard InChI is InChI=1S/C18H18ClFN6OS/c19-13-2-1-6-22-15(13)8-11(20)5-7-23-17-4-3-14(25-26-17)18-24-10-12(28-18)9-16(21)27/h1-4,6,10-11H,5,7-9H2,(H2,21,27)(H,23,26)/t11-/m0/s1. The van der Waals surface area contributed by atoms with Gasteiger partial charge in [0.25, 0.3) is 0 Å². The summed E-state index contributed by atoms with van der Waals surface area (Å²) in [7, 11) is 0. The Balaban J connectivity index is 1.48. The minimum Gasteiger partial charge on any atom is -0.369 e. The Morgan fingerprint density at radius 2 is 2.14 bits per heavy atom. The molecule has 0 radical (unpaired) electrons. The van der Waals surface area contributed by atoms with Crippen LogP contribution in [0, 0.1) is 0 Å². The summed E-state index contributed by atoms with van der Waals surface area (Å²) in [5.41, 5.74) is 6.33. The van der Waals surface area contributed by atoms with E-state index in [-0.39, 0.29) is 12.8 Å². The van der Waals surface area contributed by atoms with Crippen molar-refractivity contribution in [1.82, 2.24) is 20.2 Å². The van der Waals surface area contributed by atoms with Gasteiger partial charge in [0.15, 0.2) is 0 Å². The number of thiazole rings is 1. The van der Waals surface area contributed by atoms with E-state index in [1.807, 2.05) is 0 Å². The van der Waals surface area contributed by atoms with E-state index in [9.17, 15) is 9.18 Å². The van der Waals surface area contributed by atoms with E-state index in [0.717, 1.165) is 4.88 Å². The molecule has 0 spiro atoms. The van der Waals surface area contributed by atoms with E-state index < -0.39 is 12.1 Å². The predicted molar refractivity (Wildman–Crippen MR) is 107 cm³/mol. The molecule has 3 aromatic rings. The quantitative estimate of drug-likeness (QED) is 0.551. The fourth-order valence-electron chi connectivity index (χ4n) is 2.46. The van der Waals surface area contributed by atoms with E-state index in [1.165, 1.54) is 11.3 Å². The molecule has 1 atom stereocenters. The third kappa shape index (κ3) is 5.67. The van der Waals surface area contributed by atoms with Crippen LogP contribution in [0.4, 0.5) is 10.2 Å². The zero-order valence-corrected chi connectivity index (χ0v) is 16.4. The summed E-state index contributed by atoms with van der Waals surface area (Å²) in [5.74, 6) is 0.137. The van der Waals surface area contributed by atoms with Crippen LogP contribution in [-0.4, -0.2) is 38.8 Å². The van der Waals surface area contributed by atoms with Crippen molar-refractivity contribution in [1.29, 1.82) is 0 Å². The van der Waals surface area contributed by atoms with Gasteiger partial charge >= 0.3 is 0 Å². The lowest BCUT2D eigenvalue weighted by Crippen LogP contribution is -2.13. The molecule has 0 aliphatic heterocycles. The fraction of sp³-hybridized carbons (Fsp3) is 0.278. The van der Waals surface area contributed by atoms with Gasteiger partial charge in [-0.1, -0.05) is 11.6 Å². The number of nitrogens with zero attached hydrogens (tertiary/aromatic N) is 4. The number of carbonyl (C=O) groups excluding carboxylic acids is 1. The SMILES string of the molecule is NC(=O)Cc1cnc(-c2ccc(NCC[C@H](F)Cc3ncccc3Cl)nn2)s1. The van der Waals surface area contributed by atoms with Gasteiger partial charge in [0.1, 0.15) is 22.7 Å². The first kappa shape index (κ1) is 20.1. The third-order valence-electron chi connectivity index (χ3n) is 3.80. The normalized spacial score (nSPS) is 11.9. The Bertz CT molecular complexity index is 936. The van der Waals surface area contributed by atoms with Gasteiger partial charge in [-0.3, -0.25) is 9.78 Å². The van der Waals surface area contributed by atoms with Crippen molar-refractivity contribution < 1.29 is 9.18 Å². The Morgan fingerprint density at radius 3 is 2.86 bits per heavy atom. The predicted octanol–water partition coefficient (Wildman–Crippen LogP) is 3.06. The highest BCUT2D eigenvalue weighted by molar-refractivity contribution is 7.15. The fourth-order valence-corrected chi connectivity index (χ4v) is 3.54. The molecule has 3 N–H and O–H groups in total. The van der Waals surface area contributed by atoms with E-state index in [4.69, 9.17) is 17.3 Å². The second-order valence-electron chi connectivity index (χ2n) is 6.03. The average Bonchev–Trinajstić information content (AvgIpc) is 3.12. The molecule has 7 nitrogen and oxygen atoms in total. The number of halogens is 2. The van der Waals surface area contributed by atoms with Crippen molar-refractivity contribution in [3.05, 3.63) is 52.3 Å². The molecule has 0 fully saturated rings. The van der Waals surface area contributed by atoms with Gasteiger partial charge in [-0.05, 0) is 30.7 Å². The van der Waals surface area contributed by atoms with E-state index in [2.05, 4.69) is 25.5 Å². The van der Waals surface area contributed by atoms with Crippen LogP contribution in [0.1, 0.15) is 17.0 Å². The first-order chi connectivity index (χ1) is 13.5. The Kier molecular flexibility index (Phi) is 6.83. The molecule has 1 amide bonds. The van der Waals surface area contributed by atoms with Crippen molar-refractivity contribution in [2.75, 3.05) is 11.9 Å². The number of rotatable bonds is 9. The molecule has 3 rings (SSSR count). The minimum absolute atomic E-state index is 0.152. The lowest BCUT2D eigenvalue weighted by atomic mass is 10.1. The number of amides is 1. The number of hydrogen-bond acceptors (Lipinski definition) is 7. The number of pyridine rings is 1. The van der Waals surface area contributed by atoms with Crippen LogP contribution in [0.15, 0.2) is 36.7 Å². The number of nitrogens with two attached hydrogens (primary N) is 1. The molecule has 0 bridgehead atoms. The van der Waals surface area contributed by atoms with Crippen molar-refractivity contribution >= 4 is 34.7 Å². The van der Waals surface area contributed by atoms with Gasteiger partial charge in [-0.2, -0.15) is 0 Å². The van der Waals surface area contributed by atoms with Crippen molar-refractivity contribution in [2.45, 2.75) is 25.4 Å². The van der Waals surface area contributed by atoms with Crippen LogP contribution in [0.3, 0.4) is 0 Å². The zero-order valence-electron chi connectivity index (χ0n) is 14.8. The highest BCUT2D eigenvalue weighted by Gasteiger charge is 2.12. The molecule has 0 saturated heterocycles. The summed E-state index contributed by atoms with van der Waals surface area (Å²) >= 11 is 7.34. The van der Waals surface area contributed by atoms with Gasteiger partial charge in [0, 0.05) is 30.2 Å². The summed E-state index contributed by atoms with van der Waals surface area (Å²) in [4.78, 5) is 20.0. The van der Waals surface area contributed by atoms with E-state index >= 15 is 0 Å². The number of aromatic nitrogens is 4. The number of anilines is 1. The summed E-state index contributed by atoms with van der Waals surface area (Å²) in [5, 5.41) is 12.4. The van der Waals surface area contributed by atoms with Crippen molar-refractivity contribution in [3.63, 3.8) is 0 Å². The van der Waals surface area contributed by atoms with Crippen molar-refractivity contribution in [2.24, 2.45) is 5.73 Å². The van der Waals surface area contributed by atoms with Gasteiger partial charge in [-0.15, -0.1) is 21.5 Å². The van der Waals surface area contributed by atoms with Crippen LogP contribution in [-0.2, 0) is 17.6 Å². The Hall–Kier alpha value is -2.65. The molecule has 0 aromatic carbocycles. The van der Waals surface area contributed by atoms with Crippen LogP contribution >= 0.6 is 22.9 Å². The Labute approximate surface area is 170 Å². The molecular weight excluding hydrogens is 403 g/mol. The molecule has 3 heterocycles. The van der Waals surface area contributed by atoms with Gasteiger partial charge in [0.2, 0.25) is 5.91 Å². The lowest BCUT2D eigenvalue weighted by molar-refractivity contribution is -0.117. The minimum atomic E-state index is -1.06. The highest BCUT2D eigenvalue weighted by Crippen LogP contribution is 2.24. The lowest BCUT2D eigenvalue weighted by Gasteiger charge is -2.10. The molecule has 0 unspecified atom stereocenters. The monoisotopic (exact) mass is 420 g/mol. The zero-order chi connectivity index (χ0) is 19.9. The summed E-state index contributed by atoms with van der Waals surface area (Å²) in [6, 6.07) is 6.93. The number of alkyl halides is 1. The number of carbonyl (C=O) groups is 1. The highest BCUT2D eigenvalue weighted by atomic mass is 35.5. The molecule has 0 aliphatic rings. The molecule has 146 valence electrons. The maximum absolute atomic E-state index is 14.1. The van der Waals surface area contributed by atoms with E-state index in [0.29, 0.717) is 40.2 Å². The van der Waals surface area contributed by atoms with Crippen LogP contribution in [0.25, 0.3) is 10.7 Å². The molecule has 0 aliphatic carbocycles. The second kappa shape index (κ2) is 9.52. The topological polar surface area (TPSA) is 107 Å². The van der Waals surface area contributed by atoms with Gasteiger partial charge in [-0.25, -0.2) is 9.37 Å². The summed E-state index contributed by atoms with van der Waals surface area (Å²) < 4.78 is 14.1. The van der Waals surface area contributed by atoms with Crippen molar-refractivity contribution in [3.8, 4) is 10.7 Å². The van der Waals surface area contributed by atoms with Gasteiger partial charge < -0.3 is 11.1 Å². The molecule has 28 heavy (non-hydrogen) atoms. The molecular formula is C18H18ClFN6OS. The maximum Gasteiger partial charge on any atom is 0.222 e. The third-order valence-corrected chi connectivity index (χ3v) is 5.16. The van der Waals surface area contributed by atoms with Crippen LogP contribution in [0.5, 0.6) is 0 Å². The molecule has 10 heteroatoms. The summed E-state index contributed by atoms with van der Waals surface area (Å²) in [6.45, 7) is 0.402. The largest absolute Gasteiger partial charge is 0.369 e. The average molecular weight is 421 g/mol. The first-order valence-corrected chi connectivity index (χ1v) is 9.75. The van der Waals surface area contributed by atoms with Gasteiger partial charge in [0.05, 0.1) is 17.1 Å². The molecule has 3 aromatic heterocycles.